The average molecular weight is 268 g/mol. The third-order valence-electron chi connectivity index (χ3n) is 3.29. The van der Waals surface area contributed by atoms with Crippen LogP contribution in [0.3, 0.4) is 0 Å². The molecular formula is C15H22ClNO. The van der Waals surface area contributed by atoms with Crippen molar-refractivity contribution in [2.45, 2.75) is 38.8 Å². The van der Waals surface area contributed by atoms with E-state index in [2.05, 4.69) is 31.3 Å². The van der Waals surface area contributed by atoms with Crippen LogP contribution in [0.1, 0.15) is 25.8 Å². The maximum absolute atomic E-state index is 5.98. The Balaban J connectivity index is 1.79. The van der Waals surface area contributed by atoms with Crippen LogP contribution in [0.5, 0.6) is 5.75 Å². The van der Waals surface area contributed by atoms with Gasteiger partial charge in [-0.25, -0.2) is 0 Å². The molecule has 1 aliphatic rings. The lowest BCUT2D eigenvalue weighted by molar-refractivity contribution is 0.220. The molecule has 0 fully saturated rings. The van der Waals surface area contributed by atoms with E-state index >= 15 is 0 Å². The van der Waals surface area contributed by atoms with Gasteiger partial charge >= 0.3 is 0 Å². The number of benzene rings is 1. The number of rotatable bonds is 6. The monoisotopic (exact) mass is 267 g/mol. The second-order valence-corrected chi connectivity index (χ2v) is 5.75. The van der Waals surface area contributed by atoms with Crippen molar-refractivity contribution < 1.29 is 4.74 Å². The molecule has 1 N–H and O–H groups in total. The molecule has 0 aliphatic carbocycles. The summed E-state index contributed by atoms with van der Waals surface area (Å²) in [4.78, 5) is 0. The van der Waals surface area contributed by atoms with E-state index in [0.717, 1.165) is 25.1 Å². The zero-order valence-corrected chi connectivity index (χ0v) is 11.9. The van der Waals surface area contributed by atoms with Crippen LogP contribution in [0.2, 0.25) is 0 Å². The van der Waals surface area contributed by atoms with E-state index in [1.807, 2.05) is 12.1 Å². The van der Waals surface area contributed by atoms with Crippen molar-refractivity contribution in [3.05, 3.63) is 29.8 Å². The molecule has 18 heavy (non-hydrogen) atoms. The zero-order chi connectivity index (χ0) is 13.0. The van der Waals surface area contributed by atoms with Crippen molar-refractivity contribution in [3.8, 4) is 5.75 Å². The third kappa shape index (κ3) is 3.63. The Bertz CT molecular complexity index is 356. The SMILES string of the molecule is CC(C)CC(CCl)NCC1Cc2ccccc2O1. The third-order valence-corrected chi connectivity index (χ3v) is 3.66. The summed E-state index contributed by atoms with van der Waals surface area (Å²) in [6.07, 6.45) is 2.36. The number of hydrogen-bond acceptors (Lipinski definition) is 2. The van der Waals surface area contributed by atoms with E-state index in [9.17, 15) is 0 Å². The molecule has 0 amide bonds. The Morgan fingerprint density at radius 2 is 2.17 bits per heavy atom. The van der Waals surface area contributed by atoms with Crippen LogP contribution >= 0.6 is 11.6 Å². The van der Waals surface area contributed by atoms with Gasteiger partial charge in [0.05, 0.1) is 0 Å². The summed E-state index contributed by atoms with van der Waals surface area (Å²) < 4.78 is 5.90. The first-order chi connectivity index (χ1) is 8.69. The molecule has 1 heterocycles. The first-order valence-electron chi connectivity index (χ1n) is 6.73. The number of alkyl halides is 1. The highest BCUT2D eigenvalue weighted by Gasteiger charge is 2.22. The summed E-state index contributed by atoms with van der Waals surface area (Å²) in [5.74, 6) is 2.37. The molecule has 0 saturated carbocycles. The van der Waals surface area contributed by atoms with Gasteiger partial charge in [0.1, 0.15) is 11.9 Å². The van der Waals surface area contributed by atoms with Crippen molar-refractivity contribution >= 4 is 11.6 Å². The number of halogens is 1. The topological polar surface area (TPSA) is 21.3 Å². The fourth-order valence-electron chi connectivity index (χ4n) is 2.44. The van der Waals surface area contributed by atoms with Gasteiger partial charge in [-0.05, 0) is 24.0 Å². The molecule has 1 aromatic carbocycles. The molecule has 0 spiro atoms. The lowest BCUT2D eigenvalue weighted by atomic mass is 10.0. The second kappa shape index (κ2) is 6.44. The van der Waals surface area contributed by atoms with Crippen LogP contribution in [0.25, 0.3) is 0 Å². The van der Waals surface area contributed by atoms with Gasteiger partial charge in [0.2, 0.25) is 0 Å². The first-order valence-corrected chi connectivity index (χ1v) is 7.26. The van der Waals surface area contributed by atoms with Gasteiger partial charge in [0, 0.05) is 24.9 Å². The van der Waals surface area contributed by atoms with E-state index in [1.165, 1.54) is 5.56 Å². The van der Waals surface area contributed by atoms with Crippen molar-refractivity contribution in [2.75, 3.05) is 12.4 Å². The predicted molar refractivity (Wildman–Crippen MR) is 76.5 cm³/mol. The average Bonchev–Trinajstić information content (AvgIpc) is 2.76. The second-order valence-electron chi connectivity index (χ2n) is 5.44. The largest absolute Gasteiger partial charge is 0.488 e. The highest BCUT2D eigenvalue weighted by Crippen LogP contribution is 2.27. The van der Waals surface area contributed by atoms with E-state index in [1.54, 1.807) is 0 Å². The highest BCUT2D eigenvalue weighted by molar-refractivity contribution is 6.18. The van der Waals surface area contributed by atoms with Gasteiger partial charge in [-0.15, -0.1) is 11.6 Å². The van der Waals surface area contributed by atoms with Gasteiger partial charge in [-0.2, -0.15) is 0 Å². The van der Waals surface area contributed by atoms with Gasteiger partial charge in [0.15, 0.2) is 0 Å². The lowest BCUT2D eigenvalue weighted by Gasteiger charge is -2.20. The Morgan fingerprint density at radius 1 is 1.39 bits per heavy atom. The summed E-state index contributed by atoms with van der Waals surface area (Å²) in [6, 6.07) is 8.66. The number of para-hydroxylation sites is 1. The molecule has 2 unspecified atom stereocenters. The summed E-state index contributed by atoms with van der Waals surface area (Å²) in [5, 5.41) is 3.52. The first kappa shape index (κ1) is 13.7. The molecule has 3 heteroatoms. The molecule has 0 aromatic heterocycles. The van der Waals surface area contributed by atoms with E-state index in [4.69, 9.17) is 16.3 Å². The normalized spacial score (nSPS) is 19.7. The number of hydrogen-bond donors (Lipinski definition) is 1. The zero-order valence-electron chi connectivity index (χ0n) is 11.2. The summed E-state index contributed by atoms with van der Waals surface area (Å²) in [7, 11) is 0. The van der Waals surface area contributed by atoms with Crippen LogP contribution in [0, 0.1) is 5.92 Å². The summed E-state index contributed by atoms with van der Waals surface area (Å²) >= 11 is 5.98. The summed E-state index contributed by atoms with van der Waals surface area (Å²) in [6.45, 7) is 5.32. The number of fused-ring (bicyclic) bond motifs is 1. The van der Waals surface area contributed by atoms with Crippen molar-refractivity contribution in [1.29, 1.82) is 0 Å². The Morgan fingerprint density at radius 3 is 2.83 bits per heavy atom. The Hall–Kier alpha value is -0.730. The minimum absolute atomic E-state index is 0.250. The van der Waals surface area contributed by atoms with Crippen molar-refractivity contribution in [2.24, 2.45) is 5.92 Å². The van der Waals surface area contributed by atoms with Gasteiger partial charge in [-0.3, -0.25) is 0 Å². The van der Waals surface area contributed by atoms with Crippen molar-refractivity contribution in [1.82, 2.24) is 5.32 Å². The molecule has 1 aliphatic heterocycles. The smallest absolute Gasteiger partial charge is 0.123 e. The fourth-order valence-corrected chi connectivity index (χ4v) is 2.67. The van der Waals surface area contributed by atoms with Gasteiger partial charge in [-0.1, -0.05) is 32.0 Å². The molecule has 0 saturated heterocycles. The standard InChI is InChI=1S/C15H22ClNO/c1-11(2)7-13(9-16)17-10-14-8-12-5-3-4-6-15(12)18-14/h3-6,11,13-14,17H,7-10H2,1-2H3. The van der Waals surface area contributed by atoms with Crippen LogP contribution in [0.4, 0.5) is 0 Å². The van der Waals surface area contributed by atoms with Crippen LogP contribution in [0.15, 0.2) is 24.3 Å². The molecule has 2 rings (SSSR count). The molecule has 0 bridgehead atoms. The maximum Gasteiger partial charge on any atom is 0.123 e. The van der Waals surface area contributed by atoms with Gasteiger partial charge < -0.3 is 10.1 Å². The minimum atomic E-state index is 0.250. The maximum atomic E-state index is 5.98. The number of nitrogens with one attached hydrogen (secondary N) is 1. The van der Waals surface area contributed by atoms with E-state index in [0.29, 0.717) is 17.8 Å². The van der Waals surface area contributed by atoms with E-state index in [-0.39, 0.29) is 6.10 Å². The fraction of sp³-hybridized carbons (Fsp3) is 0.600. The van der Waals surface area contributed by atoms with Crippen LogP contribution in [-0.4, -0.2) is 24.6 Å². The van der Waals surface area contributed by atoms with Crippen molar-refractivity contribution in [3.63, 3.8) is 0 Å². The summed E-state index contributed by atoms with van der Waals surface area (Å²) in [5.41, 5.74) is 1.32. The molecule has 100 valence electrons. The lowest BCUT2D eigenvalue weighted by Crippen LogP contribution is -2.39. The Kier molecular flexibility index (Phi) is 4.90. The minimum Gasteiger partial charge on any atom is -0.488 e. The quantitative estimate of drug-likeness (QED) is 0.799. The molecule has 1 aromatic rings. The highest BCUT2D eigenvalue weighted by atomic mass is 35.5. The predicted octanol–water partition coefficient (Wildman–Crippen LogP) is 3.23. The molecule has 2 atom stereocenters. The Labute approximate surface area is 115 Å². The van der Waals surface area contributed by atoms with Crippen LogP contribution < -0.4 is 10.1 Å². The van der Waals surface area contributed by atoms with Crippen LogP contribution in [-0.2, 0) is 6.42 Å². The van der Waals surface area contributed by atoms with Gasteiger partial charge in [0.25, 0.3) is 0 Å². The molecule has 2 nitrogen and oxygen atoms in total. The number of ether oxygens (including phenoxy) is 1. The molecule has 0 radical (unpaired) electrons. The van der Waals surface area contributed by atoms with E-state index < -0.39 is 0 Å². The molecular weight excluding hydrogens is 246 g/mol.